The van der Waals surface area contributed by atoms with Gasteiger partial charge >= 0.3 is 0 Å². The van der Waals surface area contributed by atoms with Gasteiger partial charge in [-0.15, -0.1) is 0 Å². The van der Waals surface area contributed by atoms with Crippen LogP contribution in [0.25, 0.3) is 0 Å². The first-order chi connectivity index (χ1) is 9.69. The second-order valence-electron chi connectivity index (χ2n) is 4.49. The molecule has 104 valence electrons. The second kappa shape index (κ2) is 5.21. The van der Waals surface area contributed by atoms with Crippen molar-refractivity contribution >= 4 is 17.3 Å². The van der Waals surface area contributed by atoms with Crippen LogP contribution in [0.4, 0.5) is 10.1 Å². The molecule has 0 aliphatic carbocycles. The van der Waals surface area contributed by atoms with Crippen LogP contribution in [-0.4, -0.2) is 13.7 Å². The first-order valence-electron chi connectivity index (χ1n) is 6.21. The molecule has 1 atom stereocenters. The van der Waals surface area contributed by atoms with Gasteiger partial charge < -0.3 is 14.8 Å². The largest absolute Gasteiger partial charge is 0.496 e. The summed E-state index contributed by atoms with van der Waals surface area (Å²) < 4.78 is 24.7. The first kappa shape index (κ1) is 13.1. The maximum atomic E-state index is 13.5. The highest BCUT2D eigenvalue weighted by atomic mass is 35.5. The van der Waals surface area contributed by atoms with Crippen molar-refractivity contribution in [2.24, 2.45) is 0 Å². The summed E-state index contributed by atoms with van der Waals surface area (Å²) in [7, 11) is 1.61. The van der Waals surface area contributed by atoms with Crippen LogP contribution in [0.5, 0.6) is 11.5 Å². The third-order valence-corrected chi connectivity index (χ3v) is 3.55. The number of anilines is 1. The predicted octanol–water partition coefficient (Wildman–Crippen LogP) is 4.03. The lowest BCUT2D eigenvalue weighted by atomic mass is 10.1. The molecule has 0 bridgehead atoms. The third kappa shape index (κ3) is 2.27. The minimum absolute atomic E-state index is 0.0793. The Kier molecular flexibility index (Phi) is 3.40. The summed E-state index contributed by atoms with van der Waals surface area (Å²) in [5.41, 5.74) is 1.62. The molecule has 20 heavy (non-hydrogen) atoms. The molecule has 0 radical (unpaired) electrons. The molecule has 1 heterocycles. The molecule has 3 rings (SSSR count). The normalized spacial score (nSPS) is 16.9. The predicted molar refractivity (Wildman–Crippen MR) is 76.3 cm³/mol. The van der Waals surface area contributed by atoms with Crippen molar-refractivity contribution in [2.75, 3.05) is 19.0 Å². The van der Waals surface area contributed by atoms with Gasteiger partial charge in [-0.2, -0.15) is 0 Å². The Balaban J connectivity index is 1.94. The molecule has 5 heteroatoms. The number of hydrogen-bond donors (Lipinski definition) is 1. The topological polar surface area (TPSA) is 30.5 Å². The van der Waals surface area contributed by atoms with Gasteiger partial charge in [0.15, 0.2) is 0 Å². The Morgan fingerprint density at radius 3 is 2.95 bits per heavy atom. The number of ether oxygens (including phenoxy) is 2. The van der Waals surface area contributed by atoms with E-state index in [4.69, 9.17) is 21.1 Å². The highest BCUT2D eigenvalue weighted by Gasteiger charge is 2.24. The number of methoxy groups -OCH3 is 1. The maximum Gasteiger partial charge on any atom is 0.146 e. The highest BCUT2D eigenvalue weighted by molar-refractivity contribution is 6.31. The average molecular weight is 294 g/mol. The van der Waals surface area contributed by atoms with Crippen molar-refractivity contribution in [1.29, 1.82) is 0 Å². The van der Waals surface area contributed by atoms with Crippen LogP contribution in [0.2, 0.25) is 5.02 Å². The van der Waals surface area contributed by atoms with Crippen molar-refractivity contribution in [2.45, 2.75) is 6.10 Å². The van der Waals surface area contributed by atoms with E-state index < -0.39 is 5.82 Å². The van der Waals surface area contributed by atoms with Gasteiger partial charge in [0.1, 0.15) is 23.4 Å². The summed E-state index contributed by atoms with van der Waals surface area (Å²) >= 11 is 5.76. The van der Waals surface area contributed by atoms with Crippen LogP contribution in [0.15, 0.2) is 36.4 Å². The van der Waals surface area contributed by atoms with E-state index >= 15 is 0 Å². The van der Waals surface area contributed by atoms with Crippen molar-refractivity contribution < 1.29 is 13.9 Å². The Labute approximate surface area is 121 Å². The molecule has 0 spiro atoms. The van der Waals surface area contributed by atoms with Crippen LogP contribution in [0.3, 0.4) is 0 Å². The standard InChI is InChI=1S/C15H13ClFNO2/c1-19-13-5-3-2-4-9(13)15-8-18-12-6-10(16)11(17)7-14(12)20-15/h2-7,15,18H,8H2,1H3. The molecular formula is C15H13ClFNO2. The zero-order valence-corrected chi connectivity index (χ0v) is 11.6. The van der Waals surface area contributed by atoms with Crippen LogP contribution in [-0.2, 0) is 0 Å². The first-order valence-corrected chi connectivity index (χ1v) is 6.59. The molecule has 0 amide bonds. The molecular weight excluding hydrogens is 281 g/mol. The van der Waals surface area contributed by atoms with E-state index in [-0.39, 0.29) is 11.1 Å². The second-order valence-corrected chi connectivity index (χ2v) is 4.90. The SMILES string of the molecule is COc1ccccc1C1CNc2cc(Cl)c(F)cc2O1. The number of benzene rings is 2. The van der Waals surface area contributed by atoms with E-state index in [0.29, 0.717) is 18.0 Å². The van der Waals surface area contributed by atoms with Crippen LogP contribution >= 0.6 is 11.6 Å². The fourth-order valence-electron chi connectivity index (χ4n) is 2.27. The number of fused-ring (bicyclic) bond motifs is 1. The minimum Gasteiger partial charge on any atom is -0.496 e. The maximum absolute atomic E-state index is 13.5. The zero-order chi connectivity index (χ0) is 14.1. The Hall–Kier alpha value is -1.94. The lowest BCUT2D eigenvalue weighted by Crippen LogP contribution is -2.24. The van der Waals surface area contributed by atoms with E-state index in [2.05, 4.69) is 5.32 Å². The van der Waals surface area contributed by atoms with Gasteiger partial charge in [0.25, 0.3) is 0 Å². The number of nitrogens with one attached hydrogen (secondary N) is 1. The molecule has 2 aromatic rings. The van der Waals surface area contributed by atoms with E-state index in [9.17, 15) is 4.39 Å². The van der Waals surface area contributed by atoms with E-state index in [1.165, 1.54) is 12.1 Å². The summed E-state index contributed by atoms with van der Waals surface area (Å²) in [6.07, 6.45) is -0.237. The third-order valence-electron chi connectivity index (χ3n) is 3.26. The summed E-state index contributed by atoms with van der Waals surface area (Å²) in [5, 5.41) is 3.28. The van der Waals surface area contributed by atoms with Crippen molar-refractivity contribution in [3.63, 3.8) is 0 Å². The van der Waals surface area contributed by atoms with Gasteiger partial charge in [-0.25, -0.2) is 4.39 Å². The molecule has 0 fully saturated rings. The quantitative estimate of drug-likeness (QED) is 0.907. The Morgan fingerprint density at radius 1 is 1.35 bits per heavy atom. The molecule has 0 aromatic heterocycles. The van der Waals surface area contributed by atoms with Gasteiger partial charge in [-0.1, -0.05) is 29.8 Å². The summed E-state index contributed by atoms with van der Waals surface area (Å²) in [5.74, 6) is 0.708. The monoisotopic (exact) mass is 293 g/mol. The fourth-order valence-corrected chi connectivity index (χ4v) is 2.43. The molecule has 1 aliphatic heterocycles. The molecule has 1 aliphatic rings. The van der Waals surface area contributed by atoms with Gasteiger partial charge in [-0.05, 0) is 12.1 Å². The minimum atomic E-state index is -0.493. The summed E-state index contributed by atoms with van der Waals surface area (Å²) in [6, 6.07) is 10.4. The zero-order valence-electron chi connectivity index (χ0n) is 10.8. The molecule has 2 aromatic carbocycles. The molecule has 1 N–H and O–H groups in total. The van der Waals surface area contributed by atoms with Crippen molar-refractivity contribution in [3.8, 4) is 11.5 Å². The van der Waals surface area contributed by atoms with Gasteiger partial charge in [-0.3, -0.25) is 0 Å². The Bertz CT molecular complexity index is 648. The van der Waals surface area contributed by atoms with Crippen molar-refractivity contribution in [1.82, 2.24) is 0 Å². The average Bonchev–Trinajstić information content (AvgIpc) is 2.48. The molecule has 3 nitrogen and oxygen atoms in total. The van der Waals surface area contributed by atoms with Crippen LogP contribution < -0.4 is 14.8 Å². The Morgan fingerprint density at radius 2 is 2.15 bits per heavy atom. The van der Waals surface area contributed by atoms with E-state index in [0.717, 1.165) is 11.3 Å². The number of hydrogen-bond acceptors (Lipinski definition) is 3. The van der Waals surface area contributed by atoms with Gasteiger partial charge in [0.2, 0.25) is 0 Å². The molecule has 1 unspecified atom stereocenters. The fraction of sp³-hybridized carbons (Fsp3) is 0.200. The molecule has 0 saturated carbocycles. The van der Waals surface area contributed by atoms with Crippen LogP contribution in [0.1, 0.15) is 11.7 Å². The van der Waals surface area contributed by atoms with Gasteiger partial charge in [0.05, 0.1) is 24.4 Å². The molecule has 0 saturated heterocycles. The van der Waals surface area contributed by atoms with E-state index in [1.54, 1.807) is 7.11 Å². The van der Waals surface area contributed by atoms with Gasteiger partial charge in [0, 0.05) is 11.6 Å². The highest BCUT2D eigenvalue weighted by Crippen LogP contribution is 2.39. The lowest BCUT2D eigenvalue weighted by Gasteiger charge is -2.28. The van der Waals surface area contributed by atoms with E-state index in [1.807, 2.05) is 24.3 Å². The smallest absolute Gasteiger partial charge is 0.146 e. The van der Waals surface area contributed by atoms with Crippen molar-refractivity contribution in [3.05, 3.63) is 52.8 Å². The number of para-hydroxylation sites is 1. The van der Waals surface area contributed by atoms with Crippen LogP contribution in [0, 0.1) is 5.82 Å². The summed E-state index contributed by atoms with van der Waals surface area (Å²) in [6.45, 7) is 0.565. The lowest BCUT2D eigenvalue weighted by molar-refractivity contribution is 0.204. The number of rotatable bonds is 2. The number of halogens is 2. The summed E-state index contributed by atoms with van der Waals surface area (Å²) in [4.78, 5) is 0.